The predicted octanol–water partition coefficient (Wildman–Crippen LogP) is 3.34. The van der Waals surface area contributed by atoms with Gasteiger partial charge in [0.25, 0.3) is 10.8 Å². The smallest absolute Gasteiger partial charge is 0.329 e. The number of oxazole rings is 1. The third kappa shape index (κ3) is 4.49. The lowest BCUT2D eigenvalue weighted by Gasteiger charge is -2.36. The molecule has 12 heteroatoms. The van der Waals surface area contributed by atoms with Crippen molar-refractivity contribution in [1.82, 2.24) is 24.1 Å². The van der Waals surface area contributed by atoms with Crippen LogP contribution < -0.4 is 21.0 Å². The molecule has 0 aliphatic carbocycles. The maximum Gasteiger partial charge on any atom is 0.329 e. The number of aromatic amines is 1. The topological polar surface area (TPSA) is 105 Å². The highest BCUT2D eigenvalue weighted by molar-refractivity contribution is 7.99. The summed E-state index contributed by atoms with van der Waals surface area (Å²) in [6, 6.07) is 15.5. The van der Waals surface area contributed by atoms with E-state index in [1.807, 2.05) is 47.0 Å². The fourth-order valence-corrected chi connectivity index (χ4v) is 5.60. The first kappa shape index (κ1) is 23.7. The van der Waals surface area contributed by atoms with E-state index >= 15 is 0 Å². The summed E-state index contributed by atoms with van der Waals surface area (Å²) in [5, 5.41) is 1.28. The van der Waals surface area contributed by atoms with E-state index in [0.717, 1.165) is 29.9 Å². The summed E-state index contributed by atoms with van der Waals surface area (Å²) < 4.78 is 9.11. The molecule has 37 heavy (non-hydrogen) atoms. The second kappa shape index (κ2) is 9.64. The fourth-order valence-electron chi connectivity index (χ4n) is 4.65. The molecule has 5 aromatic rings. The molecule has 2 aromatic carbocycles. The van der Waals surface area contributed by atoms with Crippen molar-refractivity contribution < 1.29 is 4.42 Å². The Morgan fingerprint density at radius 2 is 1.81 bits per heavy atom. The zero-order chi connectivity index (χ0) is 25.5. The number of imidazole rings is 1. The Kier molecular flexibility index (Phi) is 6.17. The van der Waals surface area contributed by atoms with E-state index in [1.54, 1.807) is 7.05 Å². The molecule has 0 saturated carbocycles. The highest BCUT2D eigenvalue weighted by Gasteiger charge is 2.25. The molecule has 1 aliphatic heterocycles. The molecule has 0 unspecified atom stereocenters. The van der Waals surface area contributed by atoms with Crippen LogP contribution in [0.2, 0.25) is 5.02 Å². The normalized spacial score (nSPS) is 14.2. The maximum atomic E-state index is 12.9. The van der Waals surface area contributed by atoms with E-state index < -0.39 is 11.2 Å². The summed E-state index contributed by atoms with van der Waals surface area (Å²) in [4.78, 5) is 41.3. The molecular weight excluding hydrogens is 514 g/mol. The van der Waals surface area contributed by atoms with Crippen molar-refractivity contribution in [2.75, 3.05) is 41.7 Å². The van der Waals surface area contributed by atoms with Gasteiger partial charge in [0, 0.05) is 56.2 Å². The van der Waals surface area contributed by atoms with Gasteiger partial charge in [-0.25, -0.2) is 9.78 Å². The van der Waals surface area contributed by atoms with Gasteiger partial charge >= 0.3 is 5.69 Å². The maximum absolute atomic E-state index is 12.9. The van der Waals surface area contributed by atoms with Crippen LogP contribution in [-0.4, -0.2) is 56.0 Å². The van der Waals surface area contributed by atoms with Gasteiger partial charge < -0.3 is 18.8 Å². The first-order valence-corrected chi connectivity index (χ1v) is 13.3. The molecule has 3 aromatic heterocycles. The number of thioether (sulfide) groups is 1. The summed E-state index contributed by atoms with van der Waals surface area (Å²) in [5.74, 6) is 1.28. The summed E-state index contributed by atoms with van der Waals surface area (Å²) in [7, 11) is 1.62. The third-order valence-corrected chi connectivity index (χ3v) is 7.58. The number of aryl methyl sites for hydroxylation is 2. The van der Waals surface area contributed by atoms with Gasteiger partial charge in [-0.15, -0.1) is 0 Å². The van der Waals surface area contributed by atoms with E-state index in [4.69, 9.17) is 21.0 Å². The van der Waals surface area contributed by atoms with Crippen molar-refractivity contribution in [3.63, 3.8) is 0 Å². The van der Waals surface area contributed by atoms with Crippen molar-refractivity contribution in [3.05, 3.63) is 74.4 Å². The van der Waals surface area contributed by atoms with E-state index in [0.29, 0.717) is 52.7 Å². The number of nitrogens with one attached hydrogen (secondary N) is 1. The summed E-state index contributed by atoms with van der Waals surface area (Å²) in [6.07, 6.45) is 0. The number of piperazine rings is 1. The molecule has 6 rings (SSSR count). The van der Waals surface area contributed by atoms with Gasteiger partial charge in [-0.1, -0.05) is 41.6 Å². The highest BCUT2D eigenvalue weighted by atomic mass is 35.5. The monoisotopic (exact) mass is 537 g/mol. The van der Waals surface area contributed by atoms with Crippen LogP contribution in [0.5, 0.6) is 0 Å². The highest BCUT2D eigenvalue weighted by Crippen LogP contribution is 2.27. The first-order chi connectivity index (χ1) is 18.0. The van der Waals surface area contributed by atoms with E-state index in [-0.39, 0.29) is 0 Å². The predicted molar refractivity (Wildman–Crippen MR) is 146 cm³/mol. The van der Waals surface area contributed by atoms with E-state index in [9.17, 15) is 9.59 Å². The number of halogens is 1. The first-order valence-electron chi connectivity index (χ1n) is 11.9. The lowest BCUT2D eigenvalue weighted by molar-refractivity contribution is 0.489. The second-order valence-electron chi connectivity index (χ2n) is 8.80. The Bertz CT molecular complexity index is 1680. The van der Waals surface area contributed by atoms with Crippen LogP contribution in [0.1, 0.15) is 0 Å². The fraction of sp³-hybridized carbons (Fsp3) is 0.280. The van der Waals surface area contributed by atoms with Gasteiger partial charge in [0.2, 0.25) is 5.95 Å². The molecule has 0 spiro atoms. The number of rotatable bonds is 6. The Morgan fingerprint density at radius 3 is 2.59 bits per heavy atom. The molecule has 4 heterocycles. The van der Waals surface area contributed by atoms with Gasteiger partial charge in [0.15, 0.2) is 16.7 Å². The molecule has 1 saturated heterocycles. The molecule has 0 atom stereocenters. The van der Waals surface area contributed by atoms with Gasteiger partial charge in [-0.3, -0.25) is 14.3 Å². The molecule has 0 bridgehead atoms. The molecule has 1 N–H and O–H groups in total. The number of nitrogens with zero attached hydrogens (tertiary/aromatic N) is 6. The zero-order valence-electron chi connectivity index (χ0n) is 20.1. The number of hydrogen-bond acceptors (Lipinski definition) is 8. The zero-order valence-corrected chi connectivity index (χ0v) is 21.6. The SMILES string of the molecule is Cn1c(=O)[nH]c(=O)c2c1nc(N1CCN(c3cccc(Cl)c3)CC1)n2CCSc1nc2ccccc2o1. The van der Waals surface area contributed by atoms with Crippen molar-refractivity contribution in [3.8, 4) is 0 Å². The van der Waals surface area contributed by atoms with Crippen molar-refractivity contribution in [2.45, 2.75) is 11.8 Å². The van der Waals surface area contributed by atoms with Crippen LogP contribution in [-0.2, 0) is 13.6 Å². The van der Waals surface area contributed by atoms with E-state index in [1.165, 1.54) is 16.3 Å². The number of fused-ring (bicyclic) bond motifs is 2. The van der Waals surface area contributed by atoms with Gasteiger partial charge in [0.1, 0.15) is 5.52 Å². The number of anilines is 2. The third-order valence-electron chi connectivity index (χ3n) is 6.54. The summed E-state index contributed by atoms with van der Waals surface area (Å²) >= 11 is 7.66. The number of H-pyrrole nitrogens is 1. The Balaban J connectivity index is 1.28. The Morgan fingerprint density at radius 1 is 1.03 bits per heavy atom. The average Bonchev–Trinajstić information content (AvgIpc) is 3.49. The van der Waals surface area contributed by atoms with Crippen molar-refractivity contribution >= 4 is 57.3 Å². The molecule has 10 nitrogen and oxygen atoms in total. The van der Waals surface area contributed by atoms with Crippen LogP contribution in [0.4, 0.5) is 11.6 Å². The molecule has 1 fully saturated rings. The minimum atomic E-state index is -0.486. The van der Waals surface area contributed by atoms with Crippen molar-refractivity contribution in [1.29, 1.82) is 0 Å². The second-order valence-corrected chi connectivity index (χ2v) is 10.3. The van der Waals surface area contributed by atoms with E-state index in [2.05, 4.69) is 25.8 Å². The van der Waals surface area contributed by atoms with Gasteiger partial charge in [-0.05, 0) is 30.3 Å². The molecule has 0 radical (unpaired) electrons. The van der Waals surface area contributed by atoms with Crippen LogP contribution >= 0.6 is 23.4 Å². The molecule has 0 amide bonds. The molecule has 1 aliphatic rings. The lowest BCUT2D eigenvalue weighted by atomic mass is 10.2. The lowest BCUT2D eigenvalue weighted by Crippen LogP contribution is -2.47. The summed E-state index contributed by atoms with van der Waals surface area (Å²) in [6.45, 7) is 3.46. The van der Waals surface area contributed by atoms with Crippen molar-refractivity contribution in [2.24, 2.45) is 7.05 Å². The van der Waals surface area contributed by atoms with Gasteiger partial charge in [0.05, 0.1) is 0 Å². The Labute approximate surface area is 220 Å². The van der Waals surface area contributed by atoms with Crippen LogP contribution in [0.15, 0.2) is 67.8 Å². The van der Waals surface area contributed by atoms with Gasteiger partial charge in [-0.2, -0.15) is 4.98 Å². The van der Waals surface area contributed by atoms with Crippen LogP contribution in [0, 0.1) is 0 Å². The quantitative estimate of drug-likeness (QED) is 0.329. The average molecular weight is 538 g/mol. The standard InChI is InChI=1S/C25H24ClN7O3S/c1-30-21-20(22(34)29-24(30)35)33(13-14-37-25-27-18-7-2-3-8-19(18)36-25)23(28-21)32-11-9-31(10-12-32)17-6-4-5-16(26)15-17/h2-8,15H,9-14H2,1H3,(H,29,34,35). The largest absolute Gasteiger partial charge is 0.431 e. The van der Waals surface area contributed by atoms with Crippen LogP contribution in [0.25, 0.3) is 22.3 Å². The minimum absolute atomic E-state index is 0.368. The van der Waals surface area contributed by atoms with Crippen LogP contribution in [0.3, 0.4) is 0 Å². The minimum Gasteiger partial charge on any atom is -0.431 e. The summed E-state index contributed by atoms with van der Waals surface area (Å²) in [5.41, 5.74) is 2.45. The number of para-hydroxylation sites is 2. The molecular formula is C25H24ClN7O3S. The number of aromatic nitrogens is 5. The number of hydrogen-bond donors (Lipinski definition) is 1. The molecule has 190 valence electrons. The Hall–Kier alpha value is -3.70. The number of benzene rings is 2.